The van der Waals surface area contributed by atoms with Crippen molar-refractivity contribution < 1.29 is 9.31 Å². The van der Waals surface area contributed by atoms with Gasteiger partial charge in [0, 0.05) is 38.0 Å². The predicted molar refractivity (Wildman–Crippen MR) is 241 cm³/mol. The number of fused-ring (bicyclic) bond motifs is 2. The van der Waals surface area contributed by atoms with E-state index in [1.54, 1.807) is 0 Å². The topological polar surface area (TPSA) is 132 Å². The van der Waals surface area contributed by atoms with Crippen LogP contribution in [0.1, 0.15) is 50.2 Å². The molecule has 1 aliphatic rings. The molecule has 0 atom stereocenters. The van der Waals surface area contributed by atoms with Crippen LogP contribution < -0.4 is 16.9 Å². The number of halogens is 1. The fourth-order valence-electron chi connectivity index (χ4n) is 6.81. The summed E-state index contributed by atoms with van der Waals surface area (Å²) < 4.78 is 17.2. The van der Waals surface area contributed by atoms with Crippen LogP contribution in [0, 0.1) is 27.7 Å². The van der Waals surface area contributed by atoms with E-state index in [9.17, 15) is 0 Å². The van der Waals surface area contributed by atoms with Gasteiger partial charge >= 0.3 is 7.12 Å². The summed E-state index contributed by atoms with van der Waals surface area (Å²) in [6, 6.07) is 36.2. The van der Waals surface area contributed by atoms with E-state index in [0.29, 0.717) is 0 Å². The highest BCUT2D eigenvalue weighted by atomic mass is 79.9. The van der Waals surface area contributed by atoms with Crippen LogP contribution in [0.25, 0.3) is 44.6 Å². The van der Waals surface area contributed by atoms with Gasteiger partial charge < -0.3 is 20.8 Å². The lowest BCUT2D eigenvalue weighted by molar-refractivity contribution is 0.00578. The van der Waals surface area contributed by atoms with Crippen molar-refractivity contribution in [3.05, 3.63) is 149 Å². The molecular weight excluding hydrogens is 787 g/mol. The zero-order valence-electron chi connectivity index (χ0n) is 34.2. The highest BCUT2D eigenvalue weighted by Gasteiger charge is 2.51. The smallest absolute Gasteiger partial charge is 0.399 e. The number of nitrogen functional groups attached to an aromatic ring is 2. The molecule has 0 unspecified atom stereocenters. The van der Waals surface area contributed by atoms with Gasteiger partial charge in [0.15, 0.2) is 11.6 Å². The zero-order valence-corrected chi connectivity index (χ0v) is 35.7. The van der Waals surface area contributed by atoms with Crippen molar-refractivity contribution in [3.63, 3.8) is 0 Å². The number of aryl methyl sites for hydroxylation is 4. The average molecular weight is 836 g/mol. The average Bonchev–Trinajstić information content (AvgIpc) is 3.83. The van der Waals surface area contributed by atoms with Gasteiger partial charge in [-0.3, -0.25) is 0 Å². The van der Waals surface area contributed by atoms with Gasteiger partial charge in [0.05, 0.1) is 34.6 Å². The third kappa shape index (κ3) is 8.84. The van der Waals surface area contributed by atoms with Crippen LogP contribution in [-0.2, 0) is 9.31 Å². The molecule has 0 aliphatic carbocycles. The maximum absolute atomic E-state index is 6.19. The van der Waals surface area contributed by atoms with Gasteiger partial charge in [0.1, 0.15) is 0 Å². The van der Waals surface area contributed by atoms with Crippen LogP contribution in [0.15, 0.2) is 126 Å². The Balaban J connectivity index is 0.000000149. The van der Waals surface area contributed by atoms with Gasteiger partial charge in [-0.25, -0.2) is 19.3 Å². The first-order valence-electron chi connectivity index (χ1n) is 19.1. The fraction of sp³-hybridized carbons (Fsp3) is 0.217. The minimum absolute atomic E-state index is 0.359. The Bertz CT molecular complexity index is 2690. The van der Waals surface area contributed by atoms with E-state index in [0.717, 1.165) is 77.3 Å². The van der Waals surface area contributed by atoms with Crippen LogP contribution >= 0.6 is 15.9 Å². The Morgan fingerprint density at radius 3 is 1.57 bits per heavy atom. The summed E-state index contributed by atoms with van der Waals surface area (Å²) in [5.74, 6) is 1.66. The molecule has 10 nitrogen and oxygen atoms in total. The number of anilines is 2. The molecule has 0 saturated carbocycles. The molecule has 1 saturated heterocycles. The Kier molecular flexibility index (Phi) is 11.3. The van der Waals surface area contributed by atoms with Gasteiger partial charge in [-0.15, -0.1) is 0 Å². The minimum Gasteiger partial charge on any atom is -0.399 e. The summed E-state index contributed by atoms with van der Waals surface area (Å²) in [5.41, 5.74) is 21.7. The quantitative estimate of drug-likeness (QED) is 0.132. The summed E-state index contributed by atoms with van der Waals surface area (Å²) in [6.45, 7) is 16.4. The lowest BCUT2D eigenvalue weighted by Gasteiger charge is -2.32. The van der Waals surface area contributed by atoms with E-state index in [4.69, 9.17) is 20.8 Å². The normalized spacial score (nSPS) is 14.2. The van der Waals surface area contributed by atoms with Crippen molar-refractivity contribution in [1.82, 2.24) is 29.5 Å². The summed E-state index contributed by atoms with van der Waals surface area (Å²) >= 11 is 3.28. The van der Waals surface area contributed by atoms with Crippen molar-refractivity contribution in [1.29, 1.82) is 0 Å². The second-order valence-electron chi connectivity index (χ2n) is 15.8. The molecule has 4 N–H and O–H groups in total. The zero-order chi connectivity index (χ0) is 41.4. The molecule has 4 aromatic carbocycles. The van der Waals surface area contributed by atoms with Gasteiger partial charge in [0.25, 0.3) is 0 Å². The van der Waals surface area contributed by atoms with Crippen LogP contribution in [0.5, 0.6) is 0 Å². The van der Waals surface area contributed by atoms with E-state index in [2.05, 4.69) is 126 Å². The Morgan fingerprint density at radius 2 is 1.07 bits per heavy atom. The molecule has 0 radical (unpaired) electrons. The van der Waals surface area contributed by atoms with Crippen LogP contribution in [-0.4, -0.2) is 47.8 Å². The third-order valence-corrected chi connectivity index (χ3v) is 10.9. The van der Waals surface area contributed by atoms with Gasteiger partial charge in [-0.2, -0.15) is 10.2 Å². The van der Waals surface area contributed by atoms with Crippen molar-refractivity contribution in [2.75, 3.05) is 11.5 Å². The monoisotopic (exact) mass is 834 g/mol. The molecule has 58 heavy (non-hydrogen) atoms. The fourth-order valence-corrected chi connectivity index (χ4v) is 7.22. The minimum atomic E-state index is -0.389. The van der Waals surface area contributed by atoms with E-state index in [1.807, 2.05) is 96.3 Å². The molecule has 0 bridgehead atoms. The number of benzene rings is 4. The largest absolute Gasteiger partial charge is 0.494 e. The molecule has 8 aromatic rings. The molecule has 12 heteroatoms. The van der Waals surface area contributed by atoms with E-state index >= 15 is 0 Å². The van der Waals surface area contributed by atoms with E-state index in [1.165, 1.54) is 11.1 Å². The number of rotatable bonds is 4. The molecule has 1 aliphatic heterocycles. The molecule has 294 valence electrons. The number of nitrogens with zero attached hydrogens (tertiary/aromatic N) is 6. The first-order valence-corrected chi connectivity index (χ1v) is 19.9. The summed E-state index contributed by atoms with van der Waals surface area (Å²) in [4.78, 5) is 9.26. The molecular formula is C46H48BBrN8O2. The number of hydrogen-bond acceptors (Lipinski definition) is 8. The highest BCUT2D eigenvalue weighted by Crippen LogP contribution is 2.37. The lowest BCUT2D eigenvalue weighted by Crippen LogP contribution is -2.41. The van der Waals surface area contributed by atoms with Crippen molar-refractivity contribution in [2.45, 2.75) is 66.6 Å². The second kappa shape index (κ2) is 16.2. The Morgan fingerprint density at radius 1 is 0.569 bits per heavy atom. The summed E-state index contributed by atoms with van der Waals surface area (Å²) in [7, 11) is -0.389. The van der Waals surface area contributed by atoms with Crippen LogP contribution in [0.2, 0.25) is 0 Å². The molecule has 0 spiro atoms. The van der Waals surface area contributed by atoms with E-state index in [-0.39, 0.29) is 18.3 Å². The third-order valence-electron chi connectivity index (χ3n) is 10.4. The van der Waals surface area contributed by atoms with Crippen molar-refractivity contribution in [3.8, 4) is 22.8 Å². The lowest BCUT2D eigenvalue weighted by atomic mass is 9.79. The number of aromatic nitrogens is 6. The van der Waals surface area contributed by atoms with Crippen LogP contribution in [0.4, 0.5) is 11.4 Å². The van der Waals surface area contributed by atoms with E-state index < -0.39 is 0 Å². The highest BCUT2D eigenvalue weighted by molar-refractivity contribution is 9.10. The molecule has 5 heterocycles. The molecule has 4 aromatic heterocycles. The van der Waals surface area contributed by atoms with Crippen molar-refractivity contribution in [2.24, 2.45) is 0 Å². The number of nitrogens with two attached hydrogens (primary N) is 2. The molecule has 0 amide bonds. The maximum Gasteiger partial charge on any atom is 0.494 e. The Labute approximate surface area is 348 Å². The van der Waals surface area contributed by atoms with Gasteiger partial charge in [-0.1, -0.05) is 58.4 Å². The number of hydrogen-bond donors (Lipinski definition) is 2. The SMILES string of the molecule is Cc1cc(C)nc(-n2ncc3ccc(-c4cccc(N)c4)cc32)c1.Cc1cc(C)nc(-n2ncc3ccc(B4OC(C)(C)C(C)(C)O4)cc32)c1.Nc1cccc(Br)c1. The molecule has 1 fully saturated rings. The first-order chi connectivity index (χ1) is 27.5. The summed E-state index contributed by atoms with van der Waals surface area (Å²) in [5, 5.41) is 11.2. The first kappa shape index (κ1) is 40.4. The number of pyridine rings is 2. The summed E-state index contributed by atoms with van der Waals surface area (Å²) in [6.07, 6.45) is 3.74. The van der Waals surface area contributed by atoms with Crippen LogP contribution in [0.3, 0.4) is 0 Å². The van der Waals surface area contributed by atoms with Gasteiger partial charge in [-0.05, 0) is 150 Å². The standard InChI is InChI=1S/C20H24BN3O2.C20H18N4.C6H6BrN/c1-13-9-14(2)23-18(10-13)24-17-11-16(8-7-15(17)12-22-24)21-25-19(3,4)20(5,6)26-21;1-13-8-14(2)23-20(9-13)24-19-11-16(6-7-17(19)12-22-24)15-4-3-5-18(21)10-15;7-5-2-1-3-6(8)4-5/h7-12H,1-6H3;3-12H,21H2,1-2H3;1-4H,8H2. The molecule has 9 rings (SSSR count). The second-order valence-corrected chi connectivity index (χ2v) is 16.7. The van der Waals surface area contributed by atoms with Crippen molar-refractivity contribution >= 4 is 61.7 Å². The predicted octanol–water partition coefficient (Wildman–Crippen LogP) is 9.65. The maximum atomic E-state index is 6.19. The Hall–Kier alpha value is -5.82. The van der Waals surface area contributed by atoms with Gasteiger partial charge in [0.2, 0.25) is 0 Å².